The second-order valence-corrected chi connectivity index (χ2v) is 5.58. The molecule has 0 fully saturated rings. The molecule has 0 amide bonds. The zero-order valence-electron chi connectivity index (χ0n) is 13.8. The number of nitrogens with one attached hydrogen (secondary N) is 1. The summed E-state index contributed by atoms with van der Waals surface area (Å²) in [7, 11) is 1.78. The van der Waals surface area contributed by atoms with Crippen LogP contribution in [0.25, 0.3) is 0 Å². The predicted octanol–water partition coefficient (Wildman–Crippen LogP) is 3.00. The van der Waals surface area contributed by atoms with E-state index in [0.29, 0.717) is 19.6 Å². The van der Waals surface area contributed by atoms with Crippen molar-refractivity contribution in [3.8, 4) is 5.75 Å². The Labute approximate surface area is 127 Å². The van der Waals surface area contributed by atoms with Crippen molar-refractivity contribution in [1.82, 2.24) is 5.32 Å². The number of ether oxygens (including phenoxy) is 2. The van der Waals surface area contributed by atoms with Crippen LogP contribution in [0.4, 0.5) is 0 Å². The highest BCUT2D eigenvalue weighted by Crippen LogP contribution is 2.18. The van der Waals surface area contributed by atoms with E-state index in [-0.39, 0.29) is 5.97 Å². The van der Waals surface area contributed by atoms with Crippen molar-refractivity contribution >= 4 is 5.97 Å². The van der Waals surface area contributed by atoms with E-state index >= 15 is 0 Å². The average molecular weight is 293 g/mol. The van der Waals surface area contributed by atoms with Crippen LogP contribution in [0.2, 0.25) is 0 Å². The Morgan fingerprint density at radius 2 is 1.86 bits per heavy atom. The second kappa shape index (κ2) is 8.03. The molecule has 1 N–H and O–H groups in total. The summed E-state index contributed by atoms with van der Waals surface area (Å²) >= 11 is 0. The van der Waals surface area contributed by atoms with Crippen LogP contribution in [0.1, 0.15) is 37.8 Å². The van der Waals surface area contributed by atoms with Crippen LogP contribution < -0.4 is 10.1 Å². The molecule has 0 heterocycles. The molecule has 0 saturated carbocycles. The Bertz CT molecular complexity index is 453. The van der Waals surface area contributed by atoms with Crippen molar-refractivity contribution in [2.75, 3.05) is 20.3 Å². The Morgan fingerprint density at radius 1 is 1.24 bits per heavy atom. The average Bonchev–Trinajstić information content (AvgIpc) is 2.42. The Kier molecular flexibility index (Phi) is 6.69. The van der Waals surface area contributed by atoms with Crippen LogP contribution in [0.5, 0.6) is 5.75 Å². The normalized spacial score (nSPS) is 13.6. The summed E-state index contributed by atoms with van der Waals surface area (Å²) in [6.45, 7) is 8.77. The summed E-state index contributed by atoms with van der Waals surface area (Å²) in [4.78, 5) is 11.9. The minimum absolute atomic E-state index is 0.209. The van der Waals surface area contributed by atoms with Gasteiger partial charge in [0.2, 0.25) is 0 Å². The standard InChI is InChI=1S/C17H27NO3/c1-6-20-16(19)17(4,18-5)8-7-9-21-15-11-13(2)10-14(3)12-15/h10-12,18H,6-9H2,1-5H3. The van der Waals surface area contributed by atoms with E-state index in [1.807, 2.05) is 26.0 Å². The van der Waals surface area contributed by atoms with Crippen LogP contribution in [-0.2, 0) is 9.53 Å². The monoisotopic (exact) mass is 293 g/mol. The van der Waals surface area contributed by atoms with Crippen LogP contribution in [0.15, 0.2) is 18.2 Å². The highest BCUT2D eigenvalue weighted by molar-refractivity contribution is 5.80. The fourth-order valence-corrected chi connectivity index (χ4v) is 2.25. The molecule has 1 rings (SSSR count). The molecule has 1 unspecified atom stereocenters. The summed E-state index contributed by atoms with van der Waals surface area (Å²) in [5, 5.41) is 3.05. The molecule has 0 aliphatic rings. The summed E-state index contributed by atoms with van der Waals surface area (Å²) in [5.74, 6) is 0.675. The molecule has 0 saturated heterocycles. The first-order chi connectivity index (χ1) is 9.91. The van der Waals surface area contributed by atoms with E-state index in [4.69, 9.17) is 9.47 Å². The van der Waals surface area contributed by atoms with Gasteiger partial charge in [-0.1, -0.05) is 6.07 Å². The number of aryl methyl sites for hydroxylation is 2. The van der Waals surface area contributed by atoms with Crippen LogP contribution in [-0.4, -0.2) is 31.8 Å². The van der Waals surface area contributed by atoms with Gasteiger partial charge >= 0.3 is 5.97 Å². The Hall–Kier alpha value is -1.55. The van der Waals surface area contributed by atoms with Crippen molar-refractivity contribution in [3.63, 3.8) is 0 Å². The summed E-state index contributed by atoms with van der Waals surface area (Å²) in [6.07, 6.45) is 1.45. The molecule has 1 aromatic rings. The minimum atomic E-state index is -0.651. The van der Waals surface area contributed by atoms with Gasteiger partial charge in [0.15, 0.2) is 0 Å². The Balaban J connectivity index is 2.46. The van der Waals surface area contributed by atoms with Gasteiger partial charge in [0.25, 0.3) is 0 Å². The van der Waals surface area contributed by atoms with Crippen molar-refractivity contribution in [3.05, 3.63) is 29.3 Å². The number of benzene rings is 1. The quantitative estimate of drug-likeness (QED) is 0.591. The van der Waals surface area contributed by atoms with E-state index in [9.17, 15) is 4.79 Å². The molecule has 1 atom stereocenters. The molecule has 0 aliphatic carbocycles. The van der Waals surface area contributed by atoms with Gasteiger partial charge in [0.1, 0.15) is 11.3 Å². The van der Waals surface area contributed by atoms with Gasteiger partial charge in [-0.2, -0.15) is 0 Å². The third-order valence-electron chi connectivity index (χ3n) is 3.56. The lowest BCUT2D eigenvalue weighted by Crippen LogP contribution is -2.48. The molecule has 0 aromatic heterocycles. The third-order valence-corrected chi connectivity index (χ3v) is 3.56. The number of hydrogen-bond acceptors (Lipinski definition) is 4. The number of esters is 1. The molecular formula is C17H27NO3. The first-order valence-corrected chi connectivity index (χ1v) is 7.48. The number of rotatable bonds is 8. The maximum atomic E-state index is 11.9. The molecular weight excluding hydrogens is 266 g/mol. The molecule has 118 valence electrons. The summed E-state index contributed by atoms with van der Waals surface area (Å²) in [5.41, 5.74) is 1.73. The van der Waals surface area contributed by atoms with Crippen molar-refractivity contribution in [1.29, 1.82) is 0 Å². The number of carbonyl (C=O) groups excluding carboxylic acids is 1. The van der Waals surface area contributed by atoms with Crippen LogP contribution in [0.3, 0.4) is 0 Å². The van der Waals surface area contributed by atoms with Gasteiger partial charge in [-0.25, -0.2) is 0 Å². The first-order valence-electron chi connectivity index (χ1n) is 7.48. The topological polar surface area (TPSA) is 47.6 Å². The van der Waals surface area contributed by atoms with Gasteiger partial charge in [-0.05, 0) is 70.8 Å². The molecule has 0 radical (unpaired) electrons. The number of carbonyl (C=O) groups is 1. The minimum Gasteiger partial charge on any atom is -0.494 e. The second-order valence-electron chi connectivity index (χ2n) is 5.58. The maximum absolute atomic E-state index is 11.9. The fraction of sp³-hybridized carbons (Fsp3) is 0.588. The summed E-state index contributed by atoms with van der Waals surface area (Å²) < 4.78 is 10.9. The molecule has 21 heavy (non-hydrogen) atoms. The maximum Gasteiger partial charge on any atom is 0.326 e. The van der Waals surface area contributed by atoms with Crippen molar-refractivity contribution in [2.24, 2.45) is 0 Å². The van der Waals surface area contributed by atoms with E-state index in [0.717, 1.165) is 12.2 Å². The van der Waals surface area contributed by atoms with Gasteiger partial charge in [-0.3, -0.25) is 4.79 Å². The van der Waals surface area contributed by atoms with E-state index in [1.54, 1.807) is 7.05 Å². The Morgan fingerprint density at radius 3 is 2.38 bits per heavy atom. The highest BCUT2D eigenvalue weighted by Gasteiger charge is 2.32. The number of hydrogen-bond donors (Lipinski definition) is 1. The van der Waals surface area contributed by atoms with Crippen molar-refractivity contribution < 1.29 is 14.3 Å². The zero-order chi connectivity index (χ0) is 15.9. The lowest BCUT2D eigenvalue weighted by molar-refractivity contribution is -0.150. The molecule has 0 bridgehead atoms. The van der Waals surface area contributed by atoms with Gasteiger partial charge in [0.05, 0.1) is 13.2 Å². The third kappa shape index (κ3) is 5.38. The van der Waals surface area contributed by atoms with Gasteiger partial charge in [0, 0.05) is 0 Å². The predicted molar refractivity (Wildman–Crippen MR) is 84.7 cm³/mol. The van der Waals surface area contributed by atoms with E-state index < -0.39 is 5.54 Å². The van der Waals surface area contributed by atoms with Gasteiger partial charge < -0.3 is 14.8 Å². The molecule has 4 nitrogen and oxygen atoms in total. The smallest absolute Gasteiger partial charge is 0.326 e. The lowest BCUT2D eigenvalue weighted by Gasteiger charge is -2.26. The van der Waals surface area contributed by atoms with E-state index in [1.165, 1.54) is 11.1 Å². The van der Waals surface area contributed by atoms with Crippen LogP contribution >= 0.6 is 0 Å². The largest absolute Gasteiger partial charge is 0.494 e. The lowest BCUT2D eigenvalue weighted by atomic mass is 9.96. The molecule has 4 heteroatoms. The molecule has 0 spiro atoms. The number of likely N-dealkylation sites (N-methyl/N-ethyl adjacent to an activating group) is 1. The van der Waals surface area contributed by atoms with E-state index in [2.05, 4.69) is 25.2 Å². The molecule has 1 aromatic carbocycles. The SMILES string of the molecule is CCOC(=O)C(C)(CCCOc1cc(C)cc(C)c1)NC. The molecule has 0 aliphatic heterocycles. The first kappa shape index (κ1) is 17.5. The highest BCUT2D eigenvalue weighted by atomic mass is 16.5. The van der Waals surface area contributed by atoms with Crippen molar-refractivity contribution in [2.45, 2.75) is 46.1 Å². The zero-order valence-corrected chi connectivity index (χ0v) is 13.8. The fourth-order valence-electron chi connectivity index (χ4n) is 2.25. The van der Waals surface area contributed by atoms with Gasteiger partial charge in [-0.15, -0.1) is 0 Å². The summed E-state index contributed by atoms with van der Waals surface area (Å²) in [6, 6.07) is 6.16. The van der Waals surface area contributed by atoms with Crippen LogP contribution in [0, 0.1) is 13.8 Å².